The number of likely N-dealkylation sites (tertiary alicyclic amines) is 1. The Hall–Kier alpha value is -3.59. The van der Waals surface area contributed by atoms with E-state index in [2.05, 4.69) is 0 Å². The van der Waals surface area contributed by atoms with Crippen LogP contribution in [0, 0.1) is 0 Å². The van der Waals surface area contributed by atoms with Crippen LogP contribution >= 0.6 is 0 Å². The van der Waals surface area contributed by atoms with E-state index in [1.807, 2.05) is 41.3 Å². The van der Waals surface area contributed by atoms with Gasteiger partial charge in [0, 0.05) is 23.6 Å². The van der Waals surface area contributed by atoms with E-state index >= 15 is 0 Å². The smallest absolute Gasteiger partial charge is 0.323 e. The lowest BCUT2D eigenvalue weighted by Crippen LogP contribution is -2.49. The van der Waals surface area contributed by atoms with Crippen LogP contribution in [0.2, 0.25) is 0 Å². The SMILES string of the molecule is CCOC(=O)[C@H]1CCCCN1CC(=O)N1N=C(c2ccccc2OC)C[C@H]1c1ccc(OC)cc1OC. The largest absolute Gasteiger partial charge is 0.497 e. The molecule has 0 aromatic heterocycles. The van der Waals surface area contributed by atoms with Gasteiger partial charge in [-0.15, -0.1) is 0 Å². The van der Waals surface area contributed by atoms with Crippen molar-refractivity contribution in [2.75, 3.05) is 41.0 Å². The van der Waals surface area contributed by atoms with E-state index < -0.39 is 6.04 Å². The minimum Gasteiger partial charge on any atom is -0.497 e. The Bertz CT molecular complexity index is 1150. The lowest BCUT2D eigenvalue weighted by Gasteiger charge is -2.34. The monoisotopic (exact) mass is 509 g/mol. The van der Waals surface area contributed by atoms with Gasteiger partial charge >= 0.3 is 5.97 Å². The molecule has 0 aliphatic carbocycles. The number of carbonyl (C=O) groups excluding carboxylic acids is 2. The molecule has 0 bridgehead atoms. The summed E-state index contributed by atoms with van der Waals surface area (Å²) in [6.45, 7) is 2.83. The van der Waals surface area contributed by atoms with Gasteiger partial charge in [0.05, 0.1) is 46.2 Å². The number of benzene rings is 2. The van der Waals surface area contributed by atoms with Gasteiger partial charge in [0.15, 0.2) is 0 Å². The number of amides is 1. The molecule has 1 fully saturated rings. The van der Waals surface area contributed by atoms with Gasteiger partial charge in [-0.25, -0.2) is 5.01 Å². The van der Waals surface area contributed by atoms with Crippen LogP contribution in [-0.2, 0) is 14.3 Å². The van der Waals surface area contributed by atoms with Crippen LogP contribution < -0.4 is 14.2 Å². The van der Waals surface area contributed by atoms with Crippen LogP contribution in [-0.4, -0.2) is 74.6 Å². The number of rotatable bonds is 9. The Morgan fingerprint density at radius 2 is 1.78 bits per heavy atom. The standard InChI is InChI=1S/C28H35N3O6/c1-5-37-28(33)23-11-8-9-15-30(23)18-27(32)31-24(21-14-13-19(34-2)16-26(21)36-4)17-22(29-31)20-10-6-7-12-25(20)35-3/h6-7,10,12-14,16,23-24H,5,8-9,11,15,17-18H2,1-4H3/t23-,24+/m1/s1. The Morgan fingerprint density at radius 3 is 2.51 bits per heavy atom. The second-order valence-corrected chi connectivity index (χ2v) is 9.05. The predicted octanol–water partition coefficient (Wildman–Crippen LogP) is 3.81. The zero-order valence-corrected chi connectivity index (χ0v) is 21.9. The second-order valence-electron chi connectivity index (χ2n) is 9.05. The second kappa shape index (κ2) is 12.1. The molecule has 4 rings (SSSR count). The normalized spacial score (nSPS) is 19.8. The number of carbonyl (C=O) groups is 2. The third-order valence-electron chi connectivity index (χ3n) is 6.89. The van der Waals surface area contributed by atoms with Crippen molar-refractivity contribution < 1.29 is 28.5 Å². The van der Waals surface area contributed by atoms with Gasteiger partial charge in [0.25, 0.3) is 5.91 Å². The molecule has 1 saturated heterocycles. The summed E-state index contributed by atoms with van der Waals surface area (Å²) in [5.74, 6) is 1.50. The van der Waals surface area contributed by atoms with Crippen LogP contribution in [0.25, 0.3) is 0 Å². The molecule has 37 heavy (non-hydrogen) atoms. The number of ether oxygens (including phenoxy) is 4. The van der Waals surface area contributed by atoms with E-state index in [-0.39, 0.29) is 24.5 Å². The molecule has 198 valence electrons. The van der Waals surface area contributed by atoms with E-state index in [9.17, 15) is 9.59 Å². The minimum atomic E-state index is -0.424. The van der Waals surface area contributed by atoms with E-state index in [1.54, 1.807) is 34.3 Å². The number of hydrogen-bond donors (Lipinski definition) is 0. The maximum atomic E-state index is 13.8. The van der Waals surface area contributed by atoms with E-state index in [0.29, 0.717) is 43.2 Å². The molecule has 0 radical (unpaired) electrons. The molecule has 2 aliphatic rings. The molecule has 0 N–H and O–H groups in total. The maximum Gasteiger partial charge on any atom is 0.323 e. The number of hydrogen-bond acceptors (Lipinski definition) is 8. The fraction of sp³-hybridized carbons (Fsp3) is 0.464. The molecule has 2 heterocycles. The topological polar surface area (TPSA) is 89.9 Å². The summed E-state index contributed by atoms with van der Waals surface area (Å²) in [6.07, 6.45) is 3.02. The Morgan fingerprint density at radius 1 is 1.00 bits per heavy atom. The zero-order chi connectivity index (χ0) is 26.4. The fourth-order valence-corrected chi connectivity index (χ4v) is 5.05. The lowest BCUT2D eigenvalue weighted by molar-refractivity contribution is -0.152. The Kier molecular flexibility index (Phi) is 8.66. The number of para-hydroxylation sites is 1. The van der Waals surface area contributed by atoms with Crippen LogP contribution in [0.1, 0.15) is 49.8 Å². The molecule has 2 aromatic carbocycles. The van der Waals surface area contributed by atoms with Crippen molar-refractivity contribution in [3.05, 3.63) is 53.6 Å². The predicted molar refractivity (Wildman–Crippen MR) is 139 cm³/mol. The zero-order valence-electron chi connectivity index (χ0n) is 21.9. The van der Waals surface area contributed by atoms with Crippen molar-refractivity contribution in [3.8, 4) is 17.2 Å². The summed E-state index contributed by atoms with van der Waals surface area (Å²) in [7, 11) is 4.81. The number of piperidine rings is 1. The molecule has 2 aromatic rings. The quantitative estimate of drug-likeness (QED) is 0.475. The molecule has 2 aliphatic heterocycles. The van der Waals surface area contributed by atoms with Gasteiger partial charge in [0.2, 0.25) is 0 Å². The third kappa shape index (κ3) is 5.72. The highest BCUT2D eigenvalue weighted by molar-refractivity contribution is 6.05. The molecule has 1 amide bonds. The van der Waals surface area contributed by atoms with Crippen molar-refractivity contribution >= 4 is 17.6 Å². The molecular weight excluding hydrogens is 474 g/mol. The van der Waals surface area contributed by atoms with Crippen LogP contribution in [0.15, 0.2) is 47.6 Å². The van der Waals surface area contributed by atoms with Gasteiger partial charge in [-0.1, -0.05) is 18.6 Å². The highest BCUT2D eigenvalue weighted by Gasteiger charge is 2.38. The van der Waals surface area contributed by atoms with E-state index in [0.717, 1.165) is 29.7 Å². The first-order chi connectivity index (χ1) is 18.0. The van der Waals surface area contributed by atoms with Gasteiger partial charge in [-0.05, 0) is 50.6 Å². The highest BCUT2D eigenvalue weighted by Crippen LogP contribution is 2.40. The third-order valence-corrected chi connectivity index (χ3v) is 6.89. The summed E-state index contributed by atoms with van der Waals surface area (Å²) in [5.41, 5.74) is 2.40. The van der Waals surface area contributed by atoms with Crippen molar-refractivity contribution in [1.29, 1.82) is 0 Å². The average Bonchev–Trinajstić information content (AvgIpc) is 3.38. The number of nitrogens with zero attached hydrogens (tertiary/aromatic N) is 3. The molecule has 0 spiro atoms. The van der Waals surface area contributed by atoms with Crippen molar-refractivity contribution in [2.24, 2.45) is 5.10 Å². The molecule has 9 nitrogen and oxygen atoms in total. The highest BCUT2D eigenvalue weighted by atomic mass is 16.5. The minimum absolute atomic E-state index is 0.0706. The first kappa shape index (κ1) is 26.5. The number of methoxy groups -OCH3 is 3. The number of hydrazone groups is 1. The maximum absolute atomic E-state index is 13.8. The summed E-state index contributed by atoms with van der Waals surface area (Å²) in [5, 5.41) is 6.34. The molecular formula is C28H35N3O6. The molecule has 0 unspecified atom stereocenters. The molecule has 2 atom stereocenters. The van der Waals surface area contributed by atoms with E-state index in [4.69, 9.17) is 24.0 Å². The summed E-state index contributed by atoms with van der Waals surface area (Å²) in [4.78, 5) is 28.3. The van der Waals surface area contributed by atoms with Gasteiger partial charge < -0.3 is 18.9 Å². The summed E-state index contributed by atoms with van der Waals surface area (Å²) >= 11 is 0. The average molecular weight is 510 g/mol. The lowest BCUT2D eigenvalue weighted by atomic mass is 9.97. The van der Waals surface area contributed by atoms with Crippen molar-refractivity contribution in [2.45, 2.75) is 44.7 Å². The van der Waals surface area contributed by atoms with Crippen LogP contribution in [0.5, 0.6) is 17.2 Å². The van der Waals surface area contributed by atoms with Crippen LogP contribution in [0.3, 0.4) is 0 Å². The number of esters is 1. The van der Waals surface area contributed by atoms with Crippen molar-refractivity contribution in [1.82, 2.24) is 9.91 Å². The molecule has 0 saturated carbocycles. The van der Waals surface area contributed by atoms with E-state index in [1.165, 1.54) is 5.01 Å². The summed E-state index contributed by atoms with van der Waals surface area (Å²) < 4.78 is 21.9. The van der Waals surface area contributed by atoms with Gasteiger partial charge in [-0.2, -0.15) is 5.10 Å². The van der Waals surface area contributed by atoms with Gasteiger partial charge in [0.1, 0.15) is 23.3 Å². The van der Waals surface area contributed by atoms with Crippen LogP contribution in [0.4, 0.5) is 0 Å². The first-order valence-corrected chi connectivity index (χ1v) is 12.7. The Balaban J connectivity index is 1.68. The van der Waals surface area contributed by atoms with Gasteiger partial charge in [-0.3, -0.25) is 14.5 Å². The first-order valence-electron chi connectivity index (χ1n) is 12.7. The Labute approximate surface area is 217 Å². The fourth-order valence-electron chi connectivity index (χ4n) is 5.05. The van der Waals surface area contributed by atoms with Crippen molar-refractivity contribution in [3.63, 3.8) is 0 Å². The summed E-state index contributed by atoms with van der Waals surface area (Å²) in [6, 6.07) is 12.4. The molecule has 9 heteroatoms.